The third-order valence-corrected chi connectivity index (χ3v) is 5.44. The number of hydrogen-bond acceptors (Lipinski definition) is 6. The SMILES string of the molecule is Cc1c(C(=O)OCC(=O)Nc2ccc(N3CCOCC3)cc2)oc2ccc(Br)cc12. The Balaban J connectivity index is 1.33. The second-order valence-electron chi connectivity index (χ2n) is 6.97. The van der Waals surface area contributed by atoms with Crippen LogP contribution in [-0.4, -0.2) is 44.8 Å². The molecule has 1 aliphatic heterocycles. The zero-order valence-corrected chi connectivity index (χ0v) is 18.0. The quantitative estimate of drug-likeness (QED) is 0.562. The van der Waals surface area contributed by atoms with Crippen LogP contribution in [0.5, 0.6) is 0 Å². The average molecular weight is 473 g/mol. The van der Waals surface area contributed by atoms with Gasteiger partial charge in [-0.25, -0.2) is 4.79 Å². The normalized spacial score (nSPS) is 14.0. The Labute approximate surface area is 182 Å². The molecule has 1 aliphatic rings. The summed E-state index contributed by atoms with van der Waals surface area (Å²) in [6.45, 7) is 4.51. The lowest BCUT2D eigenvalue weighted by molar-refractivity contribution is -0.119. The number of furan rings is 1. The first-order chi connectivity index (χ1) is 14.5. The highest BCUT2D eigenvalue weighted by atomic mass is 79.9. The van der Waals surface area contributed by atoms with Gasteiger partial charge in [-0.1, -0.05) is 15.9 Å². The maximum atomic E-state index is 12.4. The summed E-state index contributed by atoms with van der Waals surface area (Å²) in [6, 6.07) is 13.0. The van der Waals surface area contributed by atoms with Gasteiger partial charge in [-0.3, -0.25) is 4.79 Å². The van der Waals surface area contributed by atoms with Crippen LogP contribution in [0.3, 0.4) is 0 Å². The van der Waals surface area contributed by atoms with Crippen molar-refractivity contribution in [3.8, 4) is 0 Å². The number of esters is 1. The van der Waals surface area contributed by atoms with Crippen molar-refractivity contribution in [3.63, 3.8) is 0 Å². The van der Waals surface area contributed by atoms with Crippen LogP contribution in [0.25, 0.3) is 11.0 Å². The second kappa shape index (κ2) is 8.89. The summed E-state index contributed by atoms with van der Waals surface area (Å²) in [6.07, 6.45) is 0. The van der Waals surface area contributed by atoms with Gasteiger partial charge >= 0.3 is 5.97 Å². The molecule has 4 rings (SSSR count). The number of benzene rings is 2. The molecule has 0 unspecified atom stereocenters. The fraction of sp³-hybridized carbons (Fsp3) is 0.273. The van der Waals surface area contributed by atoms with Crippen molar-refractivity contribution in [2.75, 3.05) is 43.1 Å². The monoisotopic (exact) mass is 472 g/mol. The summed E-state index contributed by atoms with van der Waals surface area (Å²) in [5, 5.41) is 3.55. The van der Waals surface area contributed by atoms with E-state index in [0.717, 1.165) is 28.6 Å². The molecule has 1 saturated heterocycles. The van der Waals surface area contributed by atoms with Crippen LogP contribution >= 0.6 is 15.9 Å². The molecule has 0 spiro atoms. The van der Waals surface area contributed by atoms with Crippen LogP contribution in [0, 0.1) is 6.92 Å². The first-order valence-electron chi connectivity index (χ1n) is 9.59. The maximum Gasteiger partial charge on any atom is 0.375 e. The Hall–Kier alpha value is -2.84. The van der Waals surface area contributed by atoms with Crippen LogP contribution in [0.2, 0.25) is 0 Å². The lowest BCUT2D eigenvalue weighted by Gasteiger charge is -2.28. The number of rotatable bonds is 5. The molecule has 156 valence electrons. The summed E-state index contributed by atoms with van der Waals surface area (Å²) in [5.74, 6) is -0.984. The van der Waals surface area contributed by atoms with Gasteiger partial charge in [0.25, 0.3) is 5.91 Å². The van der Waals surface area contributed by atoms with E-state index in [-0.39, 0.29) is 5.76 Å². The number of halogens is 1. The Morgan fingerprint density at radius 1 is 1.13 bits per heavy atom. The molecule has 0 radical (unpaired) electrons. The van der Waals surface area contributed by atoms with E-state index >= 15 is 0 Å². The molecule has 1 fully saturated rings. The molecular weight excluding hydrogens is 452 g/mol. The largest absolute Gasteiger partial charge is 0.450 e. The second-order valence-corrected chi connectivity index (χ2v) is 7.88. The van der Waals surface area contributed by atoms with E-state index in [1.54, 1.807) is 13.0 Å². The lowest BCUT2D eigenvalue weighted by Crippen LogP contribution is -2.36. The van der Waals surface area contributed by atoms with Crippen LogP contribution in [0.4, 0.5) is 11.4 Å². The van der Waals surface area contributed by atoms with Crippen molar-refractivity contribution in [2.24, 2.45) is 0 Å². The molecule has 8 heteroatoms. The predicted octanol–water partition coefficient (Wildman–Crippen LogP) is 4.14. The van der Waals surface area contributed by atoms with E-state index in [4.69, 9.17) is 13.9 Å². The molecule has 1 N–H and O–H groups in total. The van der Waals surface area contributed by atoms with Crippen LogP contribution in [0.1, 0.15) is 16.1 Å². The summed E-state index contributed by atoms with van der Waals surface area (Å²) in [4.78, 5) is 26.8. The van der Waals surface area contributed by atoms with E-state index in [1.807, 2.05) is 36.4 Å². The maximum absolute atomic E-state index is 12.4. The fourth-order valence-electron chi connectivity index (χ4n) is 3.36. The highest BCUT2D eigenvalue weighted by Crippen LogP contribution is 2.28. The Kier molecular flexibility index (Phi) is 6.06. The molecule has 0 bridgehead atoms. The first kappa shape index (κ1) is 20.4. The number of amides is 1. The Morgan fingerprint density at radius 2 is 1.87 bits per heavy atom. The van der Waals surface area contributed by atoms with Crippen molar-refractivity contribution in [2.45, 2.75) is 6.92 Å². The van der Waals surface area contributed by atoms with Gasteiger partial charge in [0.2, 0.25) is 5.76 Å². The van der Waals surface area contributed by atoms with Gasteiger partial charge in [-0.2, -0.15) is 0 Å². The van der Waals surface area contributed by atoms with Gasteiger partial charge in [-0.15, -0.1) is 0 Å². The van der Waals surface area contributed by atoms with Gasteiger partial charge in [0.05, 0.1) is 13.2 Å². The number of anilines is 2. The van der Waals surface area contributed by atoms with Crippen LogP contribution < -0.4 is 10.2 Å². The van der Waals surface area contributed by atoms with E-state index in [9.17, 15) is 9.59 Å². The molecular formula is C22H21BrN2O5. The third-order valence-electron chi connectivity index (χ3n) is 4.95. The zero-order valence-electron chi connectivity index (χ0n) is 16.4. The summed E-state index contributed by atoms with van der Waals surface area (Å²) < 4.78 is 17.0. The smallest absolute Gasteiger partial charge is 0.375 e. The number of nitrogens with one attached hydrogen (secondary N) is 1. The molecule has 3 aromatic rings. The minimum atomic E-state index is -0.669. The van der Waals surface area contributed by atoms with Crippen molar-refractivity contribution >= 4 is 50.2 Å². The van der Waals surface area contributed by atoms with E-state index < -0.39 is 18.5 Å². The number of fused-ring (bicyclic) bond motifs is 1. The van der Waals surface area contributed by atoms with E-state index in [0.29, 0.717) is 30.0 Å². The number of carbonyl (C=O) groups is 2. The lowest BCUT2D eigenvalue weighted by atomic mass is 10.1. The van der Waals surface area contributed by atoms with Crippen molar-refractivity contribution in [3.05, 3.63) is 58.3 Å². The standard InChI is InChI=1S/C22H21BrN2O5/c1-14-18-12-15(23)2-7-19(18)30-21(14)22(27)29-13-20(26)24-16-3-5-17(6-4-16)25-8-10-28-11-9-25/h2-7,12H,8-11,13H2,1H3,(H,24,26). The molecule has 30 heavy (non-hydrogen) atoms. The topological polar surface area (TPSA) is 81.0 Å². The van der Waals surface area contributed by atoms with E-state index in [2.05, 4.69) is 26.1 Å². The zero-order chi connectivity index (χ0) is 21.1. The number of carbonyl (C=O) groups excluding carboxylic acids is 2. The average Bonchev–Trinajstić information content (AvgIpc) is 3.09. The van der Waals surface area contributed by atoms with Crippen molar-refractivity contribution < 1.29 is 23.5 Å². The molecule has 2 aromatic carbocycles. The summed E-state index contributed by atoms with van der Waals surface area (Å²) >= 11 is 3.40. The molecule has 1 aromatic heterocycles. The van der Waals surface area contributed by atoms with Crippen LogP contribution in [0.15, 0.2) is 51.4 Å². The van der Waals surface area contributed by atoms with Gasteiger partial charge in [0.15, 0.2) is 6.61 Å². The molecule has 1 amide bonds. The van der Waals surface area contributed by atoms with Crippen LogP contribution in [-0.2, 0) is 14.3 Å². The van der Waals surface area contributed by atoms with Crippen molar-refractivity contribution in [1.82, 2.24) is 0 Å². The molecule has 0 saturated carbocycles. The molecule has 0 atom stereocenters. The number of nitrogens with zero attached hydrogens (tertiary/aromatic N) is 1. The molecule has 0 aliphatic carbocycles. The van der Waals surface area contributed by atoms with Gasteiger partial charge in [0, 0.05) is 39.9 Å². The van der Waals surface area contributed by atoms with E-state index in [1.165, 1.54) is 0 Å². The first-order valence-corrected chi connectivity index (χ1v) is 10.4. The Bertz CT molecular complexity index is 1070. The minimum Gasteiger partial charge on any atom is -0.450 e. The number of morpholine rings is 1. The molecule has 2 heterocycles. The van der Waals surface area contributed by atoms with Gasteiger partial charge in [0.1, 0.15) is 5.58 Å². The van der Waals surface area contributed by atoms with Gasteiger partial charge < -0.3 is 24.1 Å². The Morgan fingerprint density at radius 3 is 2.60 bits per heavy atom. The highest BCUT2D eigenvalue weighted by molar-refractivity contribution is 9.10. The summed E-state index contributed by atoms with van der Waals surface area (Å²) in [5.41, 5.74) is 2.98. The third kappa shape index (κ3) is 4.49. The summed E-state index contributed by atoms with van der Waals surface area (Å²) in [7, 11) is 0. The number of hydrogen-bond donors (Lipinski definition) is 1. The molecule has 7 nitrogen and oxygen atoms in total. The predicted molar refractivity (Wildman–Crippen MR) is 117 cm³/mol. The number of ether oxygens (including phenoxy) is 2. The van der Waals surface area contributed by atoms with Crippen molar-refractivity contribution in [1.29, 1.82) is 0 Å². The fourth-order valence-corrected chi connectivity index (χ4v) is 3.72. The van der Waals surface area contributed by atoms with Gasteiger partial charge in [-0.05, 0) is 49.4 Å². The number of aryl methyl sites for hydroxylation is 1. The minimum absolute atomic E-state index is 0.103. The highest BCUT2D eigenvalue weighted by Gasteiger charge is 2.20.